The molecule has 0 amide bonds. The highest BCUT2D eigenvalue weighted by Gasteiger charge is 2.44. The van der Waals surface area contributed by atoms with Crippen molar-refractivity contribution in [1.82, 2.24) is 27.5 Å². The molecule has 2 fully saturated rings. The summed E-state index contributed by atoms with van der Waals surface area (Å²) in [5, 5.41) is 21.0. The Labute approximate surface area is 527 Å². The third kappa shape index (κ3) is 8.37. The van der Waals surface area contributed by atoms with Crippen molar-refractivity contribution < 1.29 is 19.8 Å². The van der Waals surface area contributed by atoms with Gasteiger partial charge in [0.2, 0.25) is 0 Å². The smallest absolute Gasteiger partial charge is 0.335 e. The zero-order valence-corrected chi connectivity index (χ0v) is 51.4. The fraction of sp³-hybridized carbons (Fsp3) is 0.143. The fourth-order valence-corrected chi connectivity index (χ4v) is 20.4. The van der Waals surface area contributed by atoms with Gasteiger partial charge in [-0.2, -0.15) is 17.5 Å². The molecule has 14 aromatic rings. The first-order valence-corrected chi connectivity index (χ1v) is 34.0. The van der Waals surface area contributed by atoms with Crippen LogP contribution >= 0.6 is 68.8 Å². The van der Waals surface area contributed by atoms with Gasteiger partial charge in [-0.15, -0.1) is 45.3 Å². The van der Waals surface area contributed by atoms with Crippen molar-refractivity contribution in [2.45, 2.75) is 62.4 Å². The van der Waals surface area contributed by atoms with Gasteiger partial charge >= 0.3 is 11.9 Å². The summed E-state index contributed by atoms with van der Waals surface area (Å²) in [5.41, 5.74) is 19.2. The van der Waals surface area contributed by atoms with E-state index >= 15 is 0 Å². The molecule has 6 aromatic carbocycles. The summed E-state index contributed by atoms with van der Waals surface area (Å²) < 4.78 is 23.6. The van der Waals surface area contributed by atoms with Crippen LogP contribution in [0, 0.1) is 0 Å². The maximum atomic E-state index is 12.8. The van der Waals surface area contributed by atoms with Gasteiger partial charge in [0.25, 0.3) is 0 Å². The molecule has 426 valence electrons. The van der Waals surface area contributed by atoms with Crippen molar-refractivity contribution >= 4 is 144 Å². The Hall–Kier alpha value is -8.88. The molecule has 2 N–H and O–H groups in total. The maximum absolute atomic E-state index is 12.8. The normalized spacial score (nSPS) is 17.6. The van der Waals surface area contributed by atoms with E-state index in [0.29, 0.717) is 35.3 Å². The summed E-state index contributed by atoms with van der Waals surface area (Å²) >= 11 is 8.80. The zero-order chi connectivity index (χ0) is 58.5. The number of thiophene rings is 4. The molecule has 2 saturated carbocycles. The van der Waals surface area contributed by atoms with Crippen LogP contribution in [0.5, 0.6) is 0 Å². The van der Waals surface area contributed by atoms with Gasteiger partial charge in [-0.3, -0.25) is 0 Å². The number of rotatable bonds is 11. The molecule has 0 saturated heterocycles. The first-order valence-electron chi connectivity index (χ1n) is 29.3. The molecule has 18 heteroatoms. The van der Waals surface area contributed by atoms with Gasteiger partial charge < -0.3 is 20.0 Å². The monoisotopic (exact) mass is 1250 g/mol. The molecule has 4 aliphatic rings. The minimum atomic E-state index is -1.13. The van der Waals surface area contributed by atoms with Crippen molar-refractivity contribution in [2.24, 2.45) is 0 Å². The van der Waals surface area contributed by atoms with E-state index in [0.717, 1.165) is 93.8 Å². The lowest BCUT2D eigenvalue weighted by Gasteiger charge is -2.27. The van der Waals surface area contributed by atoms with Crippen LogP contribution < -0.4 is 9.80 Å². The number of hydrogen-bond donors (Lipinski definition) is 2. The Bertz CT molecular complexity index is 4830. The number of para-hydroxylation sites is 2. The number of hydrogen-bond acceptors (Lipinski definition) is 16. The number of aromatic nitrogens is 6. The number of fused-ring (bicyclic) bond motifs is 10. The number of benzene rings is 6. The van der Waals surface area contributed by atoms with E-state index in [-0.39, 0.29) is 22.5 Å². The molecular weight excluding hydrogens is 1210 g/mol. The van der Waals surface area contributed by atoms with Gasteiger partial charge in [0.1, 0.15) is 22.1 Å². The van der Waals surface area contributed by atoms with E-state index in [1.807, 2.05) is 0 Å². The Morgan fingerprint density at radius 3 is 1.19 bits per heavy atom. The van der Waals surface area contributed by atoms with E-state index in [4.69, 9.17) is 27.5 Å². The average Bonchev–Trinajstić information content (AvgIpc) is 1.72. The van der Waals surface area contributed by atoms with Crippen LogP contribution in [-0.4, -0.2) is 61.7 Å². The molecule has 8 aromatic heterocycles. The molecule has 2 aliphatic heterocycles. The summed E-state index contributed by atoms with van der Waals surface area (Å²) in [6.07, 6.45) is 7.28. The predicted octanol–water partition coefficient (Wildman–Crippen LogP) is 19.7. The number of aromatic carboxylic acids is 2. The second-order valence-electron chi connectivity index (χ2n) is 23.2. The van der Waals surface area contributed by atoms with E-state index in [1.54, 1.807) is 34.8 Å². The largest absolute Gasteiger partial charge is 0.478 e. The van der Waals surface area contributed by atoms with Crippen LogP contribution in [0.4, 0.5) is 22.7 Å². The van der Waals surface area contributed by atoms with Crippen LogP contribution in [0.1, 0.15) is 82.2 Å². The van der Waals surface area contributed by atoms with Crippen molar-refractivity contribution in [3.8, 4) is 75.7 Å². The second kappa shape index (κ2) is 20.3. The minimum absolute atomic E-state index is 0.0183. The number of anilines is 4. The number of carbonyl (C=O) groups is 2. The van der Waals surface area contributed by atoms with Gasteiger partial charge in [-0.25, -0.2) is 19.6 Å². The lowest BCUT2D eigenvalue weighted by Crippen LogP contribution is -2.26. The summed E-state index contributed by atoms with van der Waals surface area (Å²) in [7, 11) is 0. The molecule has 4 atom stereocenters. The lowest BCUT2D eigenvalue weighted by atomic mass is 9.94. The Kier molecular flexibility index (Phi) is 12.1. The van der Waals surface area contributed by atoms with Crippen LogP contribution in [0.15, 0.2) is 170 Å². The van der Waals surface area contributed by atoms with Gasteiger partial charge in [0.05, 0.1) is 67.1 Å². The maximum Gasteiger partial charge on any atom is 0.335 e. The van der Waals surface area contributed by atoms with E-state index in [2.05, 4.69) is 155 Å². The first kappa shape index (κ1) is 52.3. The second-order valence-corrected chi connectivity index (χ2v) is 28.6. The molecule has 10 heterocycles. The summed E-state index contributed by atoms with van der Waals surface area (Å²) in [4.78, 5) is 44.5. The lowest BCUT2D eigenvalue weighted by molar-refractivity contribution is 0.0686. The van der Waals surface area contributed by atoms with E-state index in [9.17, 15) is 19.8 Å². The van der Waals surface area contributed by atoms with Crippen molar-refractivity contribution in [3.63, 3.8) is 0 Å². The predicted molar refractivity (Wildman–Crippen MR) is 360 cm³/mol. The standard InChI is InChI=1S/C70H46N8O4S6/c79-69(80)37-25-49(71-51(27-37)59-33-63-61(85-59)31-57(83-63)47-23-21-41(65-67(47)75-87-73-65)35-17-19-45-43-13-7-15-53(43)77(55(45)29-35)39-9-3-1-4-10-39)50-26-38(70(81)82)28-52(72-50)60-34-64-62(86-60)32-58(84-64)48-24-22-42(66-68(48)76-88-74-66)36-18-20-46-44-14-8-16-54(44)78(56(46)30-36)40-11-5-2-6-12-40/h1-6,9-12,17-34,43-44,53-54H,7-8,13-16H2,(H,79,80)(H,81,82). The van der Waals surface area contributed by atoms with E-state index in [1.165, 1.54) is 131 Å². The number of nitrogens with zero attached hydrogens (tertiary/aromatic N) is 8. The number of carboxylic acid groups (broad SMARTS) is 2. The van der Waals surface area contributed by atoms with Crippen molar-refractivity contribution in [3.05, 3.63) is 192 Å². The van der Waals surface area contributed by atoms with Gasteiger partial charge in [0.15, 0.2) is 0 Å². The van der Waals surface area contributed by atoms with Crippen LogP contribution in [0.25, 0.3) is 117 Å². The van der Waals surface area contributed by atoms with Gasteiger partial charge in [0, 0.05) is 97.5 Å². The highest BCUT2D eigenvalue weighted by Crippen LogP contribution is 2.56. The minimum Gasteiger partial charge on any atom is -0.478 e. The molecule has 2 aliphatic carbocycles. The summed E-state index contributed by atoms with van der Waals surface area (Å²) in [6.45, 7) is 0. The van der Waals surface area contributed by atoms with Crippen LogP contribution in [-0.2, 0) is 0 Å². The highest BCUT2D eigenvalue weighted by molar-refractivity contribution is 7.31. The summed E-state index contributed by atoms with van der Waals surface area (Å²) in [5.74, 6) is -1.19. The third-order valence-corrected chi connectivity index (χ3v) is 24.1. The zero-order valence-electron chi connectivity index (χ0n) is 46.5. The van der Waals surface area contributed by atoms with Gasteiger partial charge in [-0.05, 0) is 133 Å². The van der Waals surface area contributed by atoms with Crippen LogP contribution in [0.2, 0.25) is 0 Å². The van der Waals surface area contributed by atoms with Gasteiger partial charge in [-0.1, -0.05) is 97.8 Å². The molecule has 0 bridgehead atoms. The number of pyridine rings is 2. The Morgan fingerprint density at radius 2 is 0.773 bits per heavy atom. The Morgan fingerprint density at radius 1 is 0.398 bits per heavy atom. The quantitative estimate of drug-likeness (QED) is 0.126. The average molecular weight is 1260 g/mol. The highest BCUT2D eigenvalue weighted by atomic mass is 32.1. The van der Waals surface area contributed by atoms with Crippen LogP contribution in [0.3, 0.4) is 0 Å². The topological polar surface area (TPSA) is 158 Å². The third-order valence-electron chi connectivity index (χ3n) is 18.4. The first-order chi connectivity index (χ1) is 43.2. The van der Waals surface area contributed by atoms with E-state index < -0.39 is 11.9 Å². The van der Waals surface area contributed by atoms with Crippen molar-refractivity contribution in [1.29, 1.82) is 0 Å². The molecule has 0 spiro atoms. The van der Waals surface area contributed by atoms with Crippen molar-refractivity contribution in [2.75, 3.05) is 9.80 Å². The molecule has 4 unspecified atom stereocenters. The number of carboxylic acids is 2. The molecule has 0 radical (unpaired) electrons. The molecular formula is C70H46N8O4S6. The SMILES string of the molecule is O=C(O)c1cc(-c2cc(C(=O)O)cc(-c3cc4sc(-c5ccc(-c6ccc7c(c6)N(c6ccccc6)C6CCCC76)c6nsnc56)cc4s3)n2)nc(-c2cc3sc(-c4ccc(-c5ccc6c(c5)N(c5ccccc5)C5CCCC65)c5nsnc45)cc3s2)c1. The Balaban J connectivity index is 0.637. The molecule has 12 nitrogen and oxygen atoms in total. The molecule has 88 heavy (non-hydrogen) atoms. The fourth-order valence-electron chi connectivity index (χ4n) is 14.5. The summed E-state index contributed by atoms with van der Waals surface area (Å²) in [6, 6.07) is 59.6. The molecule has 18 rings (SSSR count).